The third-order valence-electron chi connectivity index (χ3n) is 1.83. The van der Waals surface area contributed by atoms with Crippen LogP contribution in [-0.2, 0) is 0 Å². The van der Waals surface area contributed by atoms with Crippen LogP contribution in [0.15, 0.2) is 49.1 Å². The first-order chi connectivity index (χ1) is 8.61. The van der Waals surface area contributed by atoms with E-state index in [0.29, 0.717) is 0 Å². The van der Waals surface area contributed by atoms with E-state index in [-0.39, 0.29) is 68.0 Å². The minimum Gasteiger partial charge on any atom is -0.245 e. The van der Waals surface area contributed by atoms with E-state index in [1.165, 1.54) is 24.5 Å². The van der Waals surface area contributed by atoms with Crippen molar-refractivity contribution in [1.29, 1.82) is 0 Å². The first-order valence-corrected chi connectivity index (χ1v) is 4.88. The molecule has 0 radical (unpaired) electrons. The number of carboxylic acid groups (broad SMARTS) is 2. The zero-order valence-electron chi connectivity index (χ0n) is 9.72. The van der Waals surface area contributed by atoms with Crippen LogP contribution >= 0.6 is 0 Å². The van der Waals surface area contributed by atoms with Gasteiger partial charge < -0.3 is 15.7 Å². The maximum atomic E-state index is 10.4. The predicted molar refractivity (Wildman–Crippen MR) is 73.2 cm³/mol. The van der Waals surface area contributed by atoms with Gasteiger partial charge in [-0.3, -0.25) is 0 Å². The topological polar surface area (TPSA) is 132 Å². The number of rotatable bonds is 2. The maximum Gasteiger partial charge on any atom is 0.115 e. The van der Waals surface area contributed by atoms with Gasteiger partial charge in [-0.05, 0) is 24.3 Å². The van der Waals surface area contributed by atoms with Crippen molar-refractivity contribution < 1.29 is 25.3 Å². The van der Waals surface area contributed by atoms with Gasteiger partial charge in [0.25, 0.3) is 0 Å². The second-order valence-electron chi connectivity index (χ2n) is 3.10. The fourth-order valence-corrected chi connectivity index (χ4v) is 1.04. The van der Waals surface area contributed by atoms with Gasteiger partial charge in [-0.25, -0.2) is 19.6 Å². The molecule has 0 aliphatic heterocycles. The number of hydrogen-bond acceptors (Lipinski definition) is 4. The summed E-state index contributed by atoms with van der Waals surface area (Å²) in [5.74, 6) is -2.25. The first kappa shape index (κ1) is 21.1. The van der Waals surface area contributed by atoms with E-state index in [1.807, 2.05) is 0 Å². The van der Waals surface area contributed by atoms with Crippen molar-refractivity contribution in [2.24, 2.45) is 0 Å². The molecule has 2 rings (SSSR count). The largest absolute Gasteiger partial charge is 0.245 e. The van der Waals surface area contributed by atoms with Crippen LogP contribution in [0, 0.1) is 0 Å². The molecule has 7 nitrogen and oxygen atoms in total. The Morgan fingerprint density at radius 2 is 1.35 bits per heavy atom. The Bertz CT molecular complexity index is 480. The van der Waals surface area contributed by atoms with Gasteiger partial charge in [0.05, 0.1) is 11.1 Å². The Morgan fingerprint density at radius 1 is 0.900 bits per heavy atom. The molecule has 1 aromatic heterocycles. The molecule has 20 heavy (non-hydrogen) atoms. The van der Waals surface area contributed by atoms with Crippen molar-refractivity contribution >= 4 is 63.3 Å². The summed E-state index contributed by atoms with van der Waals surface area (Å²) in [6.07, 6.45) is 4.88. The summed E-state index contributed by atoms with van der Waals surface area (Å²) < 4.78 is 0. The van der Waals surface area contributed by atoms with Crippen LogP contribution < -0.4 is 0 Å². The van der Waals surface area contributed by atoms with Crippen LogP contribution in [0.5, 0.6) is 0 Å². The van der Waals surface area contributed by atoms with Gasteiger partial charge in [-0.15, -0.1) is 0 Å². The molecule has 1 heterocycles. The zero-order valence-corrected chi connectivity index (χ0v) is 9.72. The average Bonchev–Trinajstić information content (AvgIpc) is 2.41. The van der Waals surface area contributed by atoms with Crippen molar-refractivity contribution in [1.82, 2.24) is 9.97 Å². The van der Waals surface area contributed by atoms with Crippen LogP contribution in [0.1, 0.15) is 20.7 Å². The number of nitrogens with zero attached hydrogens (tertiary/aromatic N) is 2. The molecule has 0 unspecified atom stereocenters. The Hall–Kier alpha value is -1.16. The van der Waals surface area contributed by atoms with Crippen LogP contribution in [0.4, 0.5) is 0 Å². The molecular formula is C12H13KN2O5. The molecule has 0 fully saturated rings. The van der Waals surface area contributed by atoms with Gasteiger partial charge >= 0.3 is 63.3 Å². The molecule has 2 aromatic rings. The Kier molecular flexibility index (Phi) is 12.3. The van der Waals surface area contributed by atoms with Crippen molar-refractivity contribution in [3.05, 3.63) is 60.2 Å². The van der Waals surface area contributed by atoms with Crippen molar-refractivity contribution in [3.63, 3.8) is 0 Å². The minimum absolute atomic E-state index is 0. The summed E-state index contributed by atoms with van der Waals surface area (Å²) in [6.45, 7) is 0. The van der Waals surface area contributed by atoms with E-state index in [1.54, 1.807) is 18.5 Å². The molecular weight excluding hydrogens is 291 g/mol. The van der Waals surface area contributed by atoms with E-state index in [9.17, 15) is 9.59 Å². The maximum absolute atomic E-state index is 10.4. The van der Waals surface area contributed by atoms with Crippen molar-refractivity contribution in [3.8, 4) is 0 Å². The minimum atomic E-state index is -1.13. The van der Waals surface area contributed by atoms with Crippen molar-refractivity contribution in [2.45, 2.75) is 0 Å². The molecule has 0 bridgehead atoms. The van der Waals surface area contributed by atoms with E-state index in [4.69, 9.17) is 10.2 Å². The molecule has 102 valence electrons. The van der Waals surface area contributed by atoms with Gasteiger partial charge in [0.2, 0.25) is 0 Å². The predicted octanol–water partition coefficient (Wildman–Crippen LogP) is 0.0864. The fraction of sp³-hybridized carbons (Fsp3) is 0. The number of aromatic carboxylic acids is 2. The molecule has 0 saturated carbocycles. The SMILES string of the molecule is O.O=C(O)c1cccc(C(=O)O)c1.[KH].c1cncnc1. The third-order valence-corrected chi connectivity index (χ3v) is 1.83. The molecule has 4 N–H and O–H groups in total. The first-order valence-electron chi connectivity index (χ1n) is 4.88. The molecule has 0 aliphatic rings. The summed E-state index contributed by atoms with van der Waals surface area (Å²) in [5.41, 5.74) is -0.0372. The standard InChI is InChI=1S/C8H6O4.C4H4N2.K.H2O.H/c9-7(10)5-2-1-3-6(4-5)8(11)12;1-2-5-4-6-3-1;;;/h1-4H,(H,9,10)(H,11,12);1-4H;;1H2;. The average molecular weight is 304 g/mol. The Balaban J connectivity index is 0. The number of benzene rings is 1. The van der Waals surface area contributed by atoms with Crippen LogP contribution in [-0.4, -0.2) is 89.0 Å². The van der Waals surface area contributed by atoms with E-state index < -0.39 is 11.9 Å². The van der Waals surface area contributed by atoms with Crippen LogP contribution in [0.2, 0.25) is 0 Å². The Morgan fingerprint density at radius 3 is 1.60 bits per heavy atom. The van der Waals surface area contributed by atoms with Crippen LogP contribution in [0.25, 0.3) is 0 Å². The molecule has 8 heteroatoms. The number of carboxylic acids is 2. The van der Waals surface area contributed by atoms with Gasteiger partial charge in [0.15, 0.2) is 0 Å². The van der Waals surface area contributed by atoms with Crippen LogP contribution in [0.3, 0.4) is 0 Å². The summed E-state index contributed by atoms with van der Waals surface area (Å²) in [4.78, 5) is 28.1. The quantitative estimate of drug-likeness (QED) is 0.755. The van der Waals surface area contributed by atoms with Gasteiger partial charge in [-0.1, -0.05) is 6.07 Å². The summed E-state index contributed by atoms with van der Waals surface area (Å²) in [6, 6.07) is 6.97. The molecule has 0 amide bonds. The number of hydrogen-bond donors (Lipinski definition) is 2. The Labute approximate surface area is 157 Å². The van der Waals surface area contributed by atoms with E-state index >= 15 is 0 Å². The smallest absolute Gasteiger partial charge is 0.115 e. The second-order valence-corrected chi connectivity index (χ2v) is 3.10. The zero-order chi connectivity index (χ0) is 13.4. The fourth-order valence-electron chi connectivity index (χ4n) is 1.04. The van der Waals surface area contributed by atoms with Gasteiger partial charge in [-0.2, -0.15) is 0 Å². The molecule has 0 atom stereocenters. The van der Waals surface area contributed by atoms with Gasteiger partial charge in [0.1, 0.15) is 6.33 Å². The third kappa shape index (κ3) is 8.10. The number of carbonyl (C=O) groups is 2. The molecule has 0 spiro atoms. The molecule has 0 aliphatic carbocycles. The number of aromatic nitrogens is 2. The molecule has 1 aromatic carbocycles. The van der Waals surface area contributed by atoms with E-state index in [0.717, 1.165) is 6.07 Å². The normalized spacial score (nSPS) is 8.00. The second kappa shape index (κ2) is 11.6. The molecule has 0 saturated heterocycles. The summed E-state index contributed by atoms with van der Waals surface area (Å²) in [7, 11) is 0. The monoisotopic (exact) mass is 304 g/mol. The summed E-state index contributed by atoms with van der Waals surface area (Å²) >= 11 is 0. The van der Waals surface area contributed by atoms with Crippen molar-refractivity contribution in [2.75, 3.05) is 0 Å². The van der Waals surface area contributed by atoms with E-state index in [2.05, 4.69) is 9.97 Å². The summed E-state index contributed by atoms with van der Waals surface area (Å²) in [5, 5.41) is 17.0. The van der Waals surface area contributed by atoms with Gasteiger partial charge in [0, 0.05) is 12.4 Å².